The van der Waals surface area contributed by atoms with E-state index < -0.39 is 6.03 Å². The Morgan fingerprint density at radius 3 is 2.00 bits per heavy atom. The average molecular weight is 720 g/mol. The van der Waals surface area contributed by atoms with Gasteiger partial charge in [0, 0.05) is 43.1 Å². The number of rotatable bonds is 7. The van der Waals surface area contributed by atoms with Crippen molar-refractivity contribution in [1.82, 2.24) is 35.6 Å². The number of urea groups is 2. The number of nitrogens with one attached hydrogen (secondary N) is 8. The molecule has 3 aromatic carbocycles. The van der Waals surface area contributed by atoms with E-state index in [0.717, 1.165) is 23.4 Å². The van der Waals surface area contributed by atoms with E-state index in [0.29, 0.717) is 69.7 Å². The number of hydrogen-bond donors (Lipinski definition) is 9. The minimum atomic E-state index is -0.392. The van der Waals surface area contributed by atoms with Crippen LogP contribution >= 0.6 is 23.2 Å². The van der Waals surface area contributed by atoms with Gasteiger partial charge in [0.25, 0.3) is 0 Å². The third kappa shape index (κ3) is 8.44. The summed E-state index contributed by atoms with van der Waals surface area (Å²) in [5.74, 6) is 0. The number of hydrogen-bond acceptors (Lipinski definition) is 7. The molecule has 1 aliphatic rings. The number of carbonyl (C=O) groups excluding carboxylic acids is 2. The average Bonchev–Trinajstić information content (AvgIpc) is 3.81. The molecule has 0 bridgehead atoms. The summed E-state index contributed by atoms with van der Waals surface area (Å²) in [5.41, 5.74) is 5.35. The highest BCUT2D eigenvalue weighted by Gasteiger charge is 2.23. The number of fused-ring (bicyclic) bond motifs is 2. The molecule has 1 aliphatic heterocycles. The van der Waals surface area contributed by atoms with E-state index in [1.54, 1.807) is 60.8 Å². The van der Waals surface area contributed by atoms with Crippen molar-refractivity contribution in [3.63, 3.8) is 0 Å². The Balaban J connectivity index is 0.000000178. The second-order valence-corrected chi connectivity index (χ2v) is 12.2. The van der Waals surface area contributed by atoms with Crippen LogP contribution in [0.15, 0.2) is 82.5 Å². The van der Waals surface area contributed by atoms with E-state index in [2.05, 4.69) is 51.1 Å². The maximum Gasteiger partial charge on any atom is 0.323 e. The number of aromatic nitrogens is 5. The molecule has 6 aromatic rings. The van der Waals surface area contributed by atoms with Crippen molar-refractivity contribution in [3.05, 3.63) is 115 Å². The second-order valence-electron chi connectivity index (χ2n) is 11.4. The number of para-hydroxylation sites is 2. The van der Waals surface area contributed by atoms with E-state index in [-0.39, 0.29) is 23.5 Å². The number of aromatic amines is 4. The molecule has 9 N–H and O–H groups in total. The third-order valence-corrected chi connectivity index (χ3v) is 8.29. The summed E-state index contributed by atoms with van der Waals surface area (Å²) in [4.78, 5) is 63.7. The van der Waals surface area contributed by atoms with Gasteiger partial charge in [-0.05, 0) is 60.0 Å². The Kier molecular flexibility index (Phi) is 10.4. The van der Waals surface area contributed by atoms with E-state index in [9.17, 15) is 24.3 Å². The normalized spacial score (nSPS) is 13.9. The smallest absolute Gasteiger partial charge is 0.323 e. The number of H-pyrrole nitrogens is 4. The van der Waals surface area contributed by atoms with Crippen LogP contribution in [0.4, 0.5) is 26.7 Å². The van der Waals surface area contributed by atoms with Crippen LogP contribution in [0.25, 0.3) is 22.1 Å². The fourth-order valence-corrected chi connectivity index (χ4v) is 5.75. The molecule has 50 heavy (non-hydrogen) atoms. The number of pyridine rings is 1. The number of carbonyl (C=O) groups is 2. The Hall–Kier alpha value is -5.77. The summed E-state index contributed by atoms with van der Waals surface area (Å²) in [6.07, 6.45) is 1.94. The van der Waals surface area contributed by atoms with E-state index in [4.69, 9.17) is 23.2 Å². The molecule has 7 rings (SSSR count). The minimum absolute atomic E-state index is 0.296. The largest absolute Gasteiger partial charge is 0.391 e. The third-order valence-electron chi connectivity index (χ3n) is 7.83. The van der Waals surface area contributed by atoms with Crippen molar-refractivity contribution in [1.29, 1.82) is 0 Å². The molecule has 17 heteroatoms. The summed E-state index contributed by atoms with van der Waals surface area (Å²) >= 11 is 11.8. The molecule has 1 atom stereocenters. The lowest BCUT2D eigenvalue weighted by molar-refractivity contribution is 0.198. The van der Waals surface area contributed by atoms with Crippen molar-refractivity contribution >= 4 is 74.4 Å². The maximum atomic E-state index is 12.4. The summed E-state index contributed by atoms with van der Waals surface area (Å²) in [6, 6.07) is 18.5. The fraction of sp³-hybridized carbons (Fsp3) is 0.182. The van der Waals surface area contributed by atoms with Crippen LogP contribution in [0.1, 0.15) is 17.5 Å². The number of benzene rings is 3. The summed E-state index contributed by atoms with van der Waals surface area (Å²) in [6.45, 7) is 1.89. The fourth-order valence-electron chi connectivity index (χ4n) is 5.47. The monoisotopic (exact) mass is 718 g/mol. The number of aliphatic hydroxyl groups excluding tert-OH is 1. The van der Waals surface area contributed by atoms with Gasteiger partial charge in [0.05, 0.1) is 39.5 Å². The van der Waals surface area contributed by atoms with Crippen LogP contribution in [0.3, 0.4) is 0 Å². The van der Waals surface area contributed by atoms with Crippen molar-refractivity contribution in [3.8, 4) is 0 Å². The molecule has 4 amide bonds. The molecule has 15 nitrogen and oxygen atoms in total. The van der Waals surface area contributed by atoms with Crippen LogP contribution in [-0.2, 0) is 13.1 Å². The lowest BCUT2D eigenvalue weighted by Gasteiger charge is -2.22. The summed E-state index contributed by atoms with van der Waals surface area (Å²) in [7, 11) is 0. The topological polar surface area (TPSA) is 216 Å². The molecule has 4 heterocycles. The van der Waals surface area contributed by atoms with Crippen molar-refractivity contribution < 1.29 is 14.7 Å². The van der Waals surface area contributed by atoms with Crippen LogP contribution in [0.5, 0.6) is 0 Å². The molecule has 3 aromatic heterocycles. The Morgan fingerprint density at radius 1 is 0.820 bits per heavy atom. The zero-order valence-electron chi connectivity index (χ0n) is 26.3. The number of aliphatic hydroxyl groups is 1. The Bertz CT molecular complexity index is 2260. The first-order chi connectivity index (χ1) is 24.1. The zero-order chi connectivity index (χ0) is 35.2. The SMILES string of the molecule is O=C(NCc1ccc(Cl)cc1N1CCC(O)C1)Nc1cccc2[nH]c(=O)[nH]c12.O=C(NCc1ccc(Cl)nc1)Nc1cccc2[nH]c(=O)[nH]c12. The van der Waals surface area contributed by atoms with Crippen molar-refractivity contribution in [2.75, 3.05) is 28.6 Å². The lowest BCUT2D eigenvalue weighted by Crippen LogP contribution is -2.30. The zero-order valence-corrected chi connectivity index (χ0v) is 27.8. The van der Waals surface area contributed by atoms with E-state index in [1.807, 2.05) is 12.1 Å². The van der Waals surface area contributed by atoms with Crippen LogP contribution < -0.4 is 37.5 Å². The van der Waals surface area contributed by atoms with Gasteiger partial charge >= 0.3 is 23.4 Å². The van der Waals surface area contributed by atoms with Crippen LogP contribution in [0, 0.1) is 0 Å². The predicted octanol–water partition coefficient (Wildman–Crippen LogP) is 4.63. The highest BCUT2D eigenvalue weighted by atomic mass is 35.5. The molecule has 258 valence electrons. The van der Waals surface area contributed by atoms with Gasteiger partial charge in [0.15, 0.2) is 0 Å². The molecule has 0 aliphatic carbocycles. The van der Waals surface area contributed by atoms with E-state index >= 15 is 0 Å². The van der Waals surface area contributed by atoms with Gasteiger partial charge in [-0.15, -0.1) is 0 Å². The first-order valence-corrected chi connectivity index (χ1v) is 16.2. The standard InChI is InChI=1S/C19H20ClN5O3.C14H12ClN5O2/c20-12-5-4-11(16(8-12)25-7-6-13(26)10-25)9-21-18(27)22-14-2-1-3-15-17(14)24-19(28)23-15;15-11-5-4-8(6-16-11)7-17-13(21)18-9-2-1-3-10-12(9)20-14(22)19-10/h1-5,8,13,26H,6-7,9-10H2,(H2,21,22,27)(H2,23,24,28);1-6H,7H2,(H2,17,18,21)(H2,19,20,22). The molecule has 0 spiro atoms. The Labute approximate surface area is 293 Å². The highest BCUT2D eigenvalue weighted by Crippen LogP contribution is 2.28. The highest BCUT2D eigenvalue weighted by molar-refractivity contribution is 6.31. The number of anilines is 3. The number of β-amino-alcohol motifs (C(OH)–C–C–N with tert-alkyl or cyclic N) is 1. The van der Waals surface area contributed by atoms with Gasteiger partial charge < -0.3 is 51.2 Å². The quantitative estimate of drug-likeness (QED) is 0.107. The van der Waals surface area contributed by atoms with Gasteiger partial charge in [-0.3, -0.25) is 0 Å². The molecular weight excluding hydrogens is 687 g/mol. The van der Waals surface area contributed by atoms with Gasteiger partial charge in [-0.2, -0.15) is 0 Å². The molecule has 0 radical (unpaired) electrons. The Morgan fingerprint density at radius 2 is 1.44 bits per heavy atom. The second kappa shape index (κ2) is 15.2. The van der Waals surface area contributed by atoms with Gasteiger partial charge in [-0.25, -0.2) is 24.2 Å². The molecule has 0 saturated carbocycles. The summed E-state index contributed by atoms with van der Waals surface area (Å²) in [5, 5.41) is 21.8. The first kappa shape index (κ1) is 34.1. The molecule has 1 fully saturated rings. The van der Waals surface area contributed by atoms with Crippen molar-refractivity contribution in [2.24, 2.45) is 0 Å². The minimum Gasteiger partial charge on any atom is -0.391 e. The summed E-state index contributed by atoms with van der Waals surface area (Å²) < 4.78 is 0. The van der Waals surface area contributed by atoms with Crippen LogP contribution in [0.2, 0.25) is 10.2 Å². The van der Waals surface area contributed by atoms with E-state index in [1.165, 1.54) is 0 Å². The molecular formula is C33H32Cl2N10O5. The molecule has 1 unspecified atom stereocenters. The van der Waals surface area contributed by atoms with Gasteiger partial charge in [0.2, 0.25) is 0 Å². The van der Waals surface area contributed by atoms with Gasteiger partial charge in [-0.1, -0.05) is 47.5 Å². The first-order valence-electron chi connectivity index (χ1n) is 15.4. The van der Waals surface area contributed by atoms with Crippen molar-refractivity contribution in [2.45, 2.75) is 25.6 Å². The predicted molar refractivity (Wildman–Crippen MR) is 193 cm³/mol. The number of imidazole rings is 2. The maximum absolute atomic E-state index is 12.4. The molecule has 1 saturated heterocycles. The number of halogens is 2. The van der Waals surface area contributed by atoms with Gasteiger partial charge in [0.1, 0.15) is 5.15 Å². The lowest BCUT2D eigenvalue weighted by atomic mass is 10.1. The van der Waals surface area contributed by atoms with Crippen LogP contribution in [-0.4, -0.2) is 61.3 Å². The number of nitrogens with zero attached hydrogens (tertiary/aromatic N) is 2. The number of amides is 4.